The summed E-state index contributed by atoms with van der Waals surface area (Å²) in [6.45, 7) is 0.877. The largest absolute Gasteiger partial charge is 0.497 e. The summed E-state index contributed by atoms with van der Waals surface area (Å²) >= 11 is 1.83. The molecule has 2 amide bonds. The Morgan fingerprint density at radius 3 is 1.57 bits per heavy atom. The molecular weight excluding hydrogens is 661 g/mol. The molecule has 1 fully saturated rings. The summed E-state index contributed by atoms with van der Waals surface area (Å²) in [5, 5.41) is 2.91. The monoisotopic (exact) mass is 702 g/mol. The molecule has 0 radical (unpaired) electrons. The van der Waals surface area contributed by atoms with E-state index in [4.69, 9.17) is 18.9 Å². The maximum absolute atomic E-state index is 13.8. The fraction of sp³-hybridized carbons (Fsp3) is 0.238. The molecule has 0 saturated carbocycles. The molecule has 1 aliphatic rings. The molecule has 1 aliphatic heterocycles. The van der Waals surface area contributed by atoms with Gasteiger partial charge in [0, 0.05) is 18.3 Å². The Balaban J connectivity index is 1.23. The minimum absolute atomic E-state index is 0.00118. The zero-order valence-corrected chi connectivity index (χ0v) is 29.6. The third-order valence-corrected chi connectivity index (χ3v) is 10.8. The Labute approximate surface area is 303 Å². The zero-order valence-electron chi connectivity index (χ0n) is 28.8. The number of benzene rings is 5. The van der Waals surface area contributed by atoms with Crippen LogP contribution in [0.15, 0.2) is 140 Å². The van der Waals surface area contributed by atoms with E-state index in [2.05, 4.69) is 78.1 Å². The number of alkyl carbamates (subject to hydrolysis) is 1. The fourth-order valence-electron chi connectivity index (χ4n) is 6.42. The first-order valence-corrected chi connectivity index (χ1v) is 17.8. The van der Waals surface area contributed by atoms with E-state index in [1.807, 2.05) is 78.5 Å². The quantitative estimate of drug-likeness (QED) is 0.123. The molecule has 0 spiro atoms. The molecule has 262 valence electrons. The molecule has 0 aromatic heterocycles. The molecule has 2 atom stereocenters. The summed E-state index contributed by atoms with van der Waals surface area (Å²) in [6.07, 6.45) is -0.354. The van der Waals surface area contributed by atoms with Crippen molar-refractivity contribution >= 4 is 23.9 Å². The van der Waals surface area contributed by atoms with Crippen LogP contribution in [0, 0.1) is 0 Å². The van der Waals surface area contributed by atoms with Gasteiger partial charge in [0.15, 0.2) is 0 Å². The highest BCUT2D eigenvalue weighted by atomic mass is 32.2. The van der Waals surface area contributed by atoms with Gasteiger partial charge in [0.05, 0.1) is 25.0 Å². The highest BCUT2D eigenvalue weighted by molar-refractivity contribution is 8.01. The number of thioether (sulfide) groups is 1. The molecular formula is C42H42N2O6S. The van der Waals surface area contributed by atoms with E-state index in [9.17, 15) is 9.59 Å². The van der Waals surface area contributed by atoms with E-state index in [-0.39, 0.29) is 31.1 Å². The Kier molecular flexibility index (Phi) is 11.8. The van der Waals surface area contributed by atoms with Gasteiger partial charge in [0.2, 0.25) is 0 Å². The lowest BCUT2D eigenvalue weighted by Gasteiger charge is -2.37. The van der Waals surface area contributed by atoms with Gasteiger partial charge in [-0.25, -0.2) is 9.59 Å². The van der Waals surface area contributed by atoms with Crippen LogP contribution in [0.3, 0.4) is 0 Å². The van der Waals surface area contributed by atoms with Gasteiger partial charge in [0.1, 0.15) is 24.7 Å². The van der Waals surface area contributed by atoms with Crippen LogP contribution in [0.1, 0.15) is 34.2 Å². The first-order valence-electron chi connectivity index (χ1n) is 16.9. The number of amides is 2. The lowest BCUT2D eigenvalue weighted by atomic mass is 9.84. The highest BCUT2D eigenvalue weighted by Crippen LogP contribution is 2.52. The number of carbonyl (C=O) groups is 2. The maximum Gasteiger partial charge on any atom is 0.410 e. The summed E-state index contributed by atoms with van der Waals surface area (Å²) in [4.78, 5) is 28.4. The third kappa shape index (κ3) is 8.67. The molecule has 51 heavy (non-hydrogen) atoms. The lowest BCUT2D eigenvalue weighted by molar-refractivity contribution is 0.0903. The molecule has 0 bridgehead atoms. The minimum Gasteiger partial charge on any atom is -0.497 e. The van der Waals surface area contributed by atoms with Crippen molar-refractivity contribution in [2.45, 2.75) is 35.7 Å². The molecule has 5 aromatic rings. The van der Waals surface area contributed by atoms with Crippen LogP contribution < -0.4 is 14.8 Å². The second-order valence-corrected chi connectivity index (χ2v) is 13.8. The van der Waals surface area contributed by atoms with Crippen molar-refractivity contribution in [2.75, 3.05) is 27.3 Å². The number of hydrogen-bond donors (Lipinski definition) is 1. The van der Waals surface area contributed by atoms with Gasteiger partial charge >= 0.3 is 12.2 Å². The van der Waals surface area contributed by atoms with Crippen molar-refractivity contribution in [2.24, 2.45) is 0 Å². The zero-order chi connectivity index (χ0) is 35.5. The van der Waals surface area contributed by atoms with Crippen LogP contribution >= 0.6 is 11.8 Å². The first-order chi connectivity index (χ1) is 25.0. The van der Waals surface area contributed by atoms with Gasteiger partial charge in [0.25, 0.3) is 0 Å². The molecule has 1 saturated heterocycles. The molecule has 8 nitrogen and oxygen atoms in total. The highest BCUT2D eigenvalue weighted by Gasteiger charge is 2.44. The molecule has 0 aliphatic carbocycles. The number of ether oxygens (including phenoxy) is 4. The van der Waals surface area contributed by atoms with E-state index >= 15 is 0 Å². The normalized spacial score (nSPS) is 15.5. The second kappa shape index (κ2) is 17.0. The van der Waals surface area contributed by atoms with E-state index in [0.29, 0.717) is 13.0 Å². The van der Waals surface area contributed by atoms with Gasteiger partial charge in [-0.3, -0.25) is 0 Å². The molecule has 5 aromatic carbocycles. The third-order valence-electron chi connectivity index (χ3n) is 9.03. The average molecular weight is 703 g/mol. The van der Waals surface area contributed by atoms with E-state index in [1.165, 1.54) is 0 Å². The van der Waals surface area contributed by atoms with Crippen LogP contribution in [0.25, 0.3) is 0 Å². The van der Waals surface area contributed by atoms with Crippen LogP contribution in [0.5, 0.6) is 11.5 Å². The molecule has 0 unspecified atom stereocenters. The van der Waals surface area contributed by atoms with Crippen molar-refractivity contribution in [1.29, 1.82) is 0 Å². The SMILES string of the molecule is COc1ccc(COC(=O)NC[C@@H]2C[C@H](SC(c3ccccc3)(c3ccccc3)c3ccccc3)CN2C(=O)OCc2ccc(OC)cc2)cc1. The smallest absolute Gasteiger partial charge is 0.410 e. The van der Waals surface area contributed by atoms with Gasteiger partial charge in [-0.2, -0.15) is 0 Å². The topological polar surface area (TPSA) is 86.3 Å². The Morgan fingerprint density at radius 2 is 1.12 bits per heavy atom. The van der Waals surface area contributed by atoms with Gasteiger partial charge in [-0.05, 0) is 58.5 Å². The fourth-order valence-corrected chi connectivity index (χ4v) is 8.29. The number of methoxy groups -OCH3 is 2. The van der Waals surface area contributed by atoms with Crippen molar-refractivity contribution in [3.63, 3.8) is 0 Å². The summed E-state index contributed by atoms with van der Waals surface area (Å²) in [5.41, 5.74) is 5.12. The maximum atomic E-state index is 13.8. The summed E-state index contributed by atoms with van der Waals surface area (Å²) in [6, 6.07) is 46.0. The Bertz CT molecular complexity index is 1740. The summed E-state index contributed by atoms with van der Waals surface area (Å²) in [5.74, 6) is 1.46. The Hall–Kier alpha value is -5.41. The number of nitrogens with one attached hydrogen (secondary N) is 1. The number of nitrogens with zero attached hydrogens (tertiary/aromatic N) is 1. The van der Waals surface area contributed by atoms with Crippen molar-refractivity contribution in [3.8, 4) is 11.5 Å². The number of carbonyl (C=O) groups excluding carboxylic acids is 2. The number of likely N-dealkylation sites (tertiary alicyclic amines) is 1. The summed E-state index contributed by atoms with van der Waals surface area (Å²) in [7, 11) is 3.22. The standard InChI is InChI=1S/C42H42N2O6S/c1-47-37-22-18-31(19-23-37)29-49-40(45)43-27-36-26-39(28-44(36)41(46)50-30-32-20-24-38(48-2)25-21-32)51-42(33-12-6-3-7-13-33,34-14-8-4-9-15-34)35-16-10-5-11-17-35/h3-25,36,39H,26-30H2,1-2H3,(H,43,45)/t36-,39-/m0/s1. The molecule has 1 heterocycles. The predicted molar refractivity (Wildman–Crippen MR) is 200 cm³/mol. The lowest BCUT2D eigenvalue weighted by Crippen LogP contribution is -2.43. The van der Waals surface area contributed by atoms with Gasteiger partial charge in [-0.1, -0.05) is 115 Å². The number of rotatable bonds is 13. The molecule has 6 rings (SSSR count). The molecule has 9 heteroatoms. The first kappa shape index (κ1) is 35.4. The van der Waals surface area contributed by atoms with E-state index in [1.54, 1.807) is 19.1 Å². The minimum atomic E-state index is -0.563. The van der Waals surface area contributed by atoms with Gasteiger partial charge < -0.3 is 29.2 Å². The van der Waals surface area contributed by atoms with Crippen molar-refractivity contribution in [3.05, 3.63) is 167 Å². The van der Waals surface area contributed by atoms with Crippen LogP contribution in [-0.4, -0.2) is 55.7 Å². The average Bonchev–Trinajstić information content (AvgIpc) is 3.61. The van der Waals surface area contributed by atoms with E-state index < -0.39 is 16.9 Å². The van der Waals surface area contributed by atoms with Crippen LogP contribution in [0.4, 0.5) is 9.59 Å². The van der Waals surface area contributed by atoms with E-state index in [0.717, 1.165) is 39.3 Å². The van der Waals surface area contributed by atoms with Crippen molar-refractivity contribution < 1.29 is 28.5 Å². The summed E-state index contributed by atoms with van der Waals surface area (Å²) < 4.78 is 21.3. The van der Waals surface area contributed by atoms with Crippen LogP contribution in [-0.2, 0) is 27.4 Å². The Morgan fingerprint density at radius 1 is 0.667 bits per heavy atom. The van der Waals surface area contributed by atoms with Gasteiger partial charge in [-0.15, -0.1) is 11.8 Å². The van der Waals surface area contributed by atoms with Crippen molar-refractivity contribution in [1.82, 2.24) is 10.2 Å². The second-order valence-electron chi connectivity index (χ2n) is 12.3. The molecule has 1 N–H and O–H groups in total. The number of hydrogen-bond acceptors (Lipinski definition) is 7. The predicted octanol–water partition coefficient (Wildman–Crippen LogP) is 8.44. The van der Waals surface area contributed by atoms with Crippen LogP contribution in [0.2, 0.25) is 0 Å².